The Kier molecular flexibility index (Phi) is 5.19. The highest BCUT2D eigenvalue weighted by atomic mass is 32.1. The zero-order valence-electron chi connectivity index (χ0n) is 17.1. The van der Waals surface area contributed by atoms with E-state index in [2.05, 4.69) is 10.2 Å². The lowest BCUT2D eigenvalue weighted by Crippen LogP contribution is -2.34. The Balaban J connectivity index is 1.69. The van der Waals surface area contributed by atoms with Gasteiger partial charge in [0.25, 0.3) is 5.91 Å². The van der Waals surface area contributed by atoms with Crippen LogP contribution >= 0.6 is 11.3 Å². The van der Waals surface area contributed by atoms with Gasteiger partial charge in [0.05, 0.1) is 22.5 Å². The quantitative estimate of drug-likeness (QED) is 0.484. The number of hydrogen-bond acceptors (Lipinski definition) is 5. The molecule has 0 bridgehead atoms. The summed E-state index contributed by atoms with van der Waals surface area (Å²) in [7, 11) is 0. The normalized spacial score (nSPS) is 11.3. The van der Waals surface area contributed by atoms with Gasteiger partial charge in [-0.3, -0.25) is 19.1 Å². The monoisotopic (exact) mass is 408 g/mol. The Morgan fingerprint density at radius 1 is 1.07 bits per heavy atom. The van der Waals surface area contributed by atoms with Gasteiger partial charge >= 0.3 is 0 Å². The number of benzene rings is 1. The average molecular weight is 409 g/mol. The maximum absolute atomic E-state index is 13.4. The molecule has 7 nitrogen and oxygen atoms in total. The molecule has 0 fully saturated rings. The molecule has 0 unspecified atom stereocenters. The molecular weight excluding hydrogens is 384 g/mol. The lowest BCUT2D eigenvalue weighted by Gasteiger charge is -2.19. The molecule has 3 aromatic heterocycles. The fourth-order valence-corrected chi connectivity index (χ4v) is 4.42. The number of anilines is 1. The fourth-order valence-electron chi connectivity index (χ4n) is 3.43. The molecule has 0 aliphatic rings. The predicted molar refractivity (Wildman–Crippen MR) is 116 cm³/mol. The van der Waals surface area contributed by atoms with Crippen LogP contribution < -0.4 is 4.90 Å². The second kappa shape index (κ2) is 7.79. The zero-order chi connectivity index (χ0) is 20.5. The minimum Gasteiger partial charge on any atom is -0.281 e. The number of carbonyl (C=O) groups excluding carboxylic acids is 1. The average Bonchev–Trinajstić information content (AvgIpc) is 3.38. The van der Waals surface area contributed by atoms with Gasteiger partial charge in [0, 0.05) is 24.5 Å². The van der Waals surface area contributed by atoms with Gasteiger partial charge in [-0.15, -0.1) is 0 Å². The van der Waals surface area contributed by atoms with Crippen LogP contribution in [0.3, 0.4) is 0 Å². The SMILES string of the molecule is CCn1nc(C(=O)N(CCn2nc(C)cc2C)c2nc3ccccc3s2)cc1C. The van der Waals surface area contributed by atoms with Gasteiger partial charge in [-0.25, -0.2) is 4.98 Å². The first-order chi connectivity index (χ1) is 14.0. The van der Waals surface area contributed by atoms with Crippen LogP contribution in [0.2, 0.25) is 0 Å². The first-order valence-electron chi connectivity index (χ1n) is 9.69. The maximum Gasteiger partial charge on any atom is 0.280 e. The molecule has 1 amide bonds. The van der Waals surface area contributed by atoms with E-state index in [1.54, 1.807) is 4.90 Å². The molecule has 0 saturated carbocycles. The summed E-state index contributed by atoms with van der Waals surface area (Å²) in [5, 5.41) is 9.69. The molecule has 150 valence electrons. The molecule has 8 heteroatoms. The van der Waals surface area contributed by atoms with Crippen molar-refractivity contribution in [3.8, 4) is 0 Å². The van der Waals surface area contributed by atoms with E-state index in [0.29, 0.717) is 23.9 Å². The lowest BCUT2D eigenvalue weighted by molar-refractivity contribution is 0.0980. The number of para-hydroxylation sites is 1. The Morgan fingerprint density at radius 2 is 1.83 bits per heavy atom. The Labute approximate surface area is 173 Å². The van der Waals surface area contributed by atoms with Gasteiger partial charge in [-0.2, -0.15) is 10.2 Å². The molecule has 0 spiro atoms. The van der Waals surface area contributed by atoms with E-state index in [4.69, 9.17) is 4.98 Å². The van der Waals surface area contributed by atoms with Crippen LogP contribution in [0, 0.1) is 20.8 Å². The van der Waals surface area contributed by atoms with Crippen molar-refractivity contribution < 1.29 is 4.79 Å². The van der Waals surface area contributed by atoms with Crippen LogP contribution in [0.5, 0.6) is 0 Å². The van der Waals surface area contributed by atoms with Crippen molar-refractivity contribution in [2.45, 2.75) is 40.8 Å². The van der Waals surface area contributed by atoms with Crippen molar-refractivity contribution in [3.63, 3.8) is 0 Å². The van der Waals surface area contributed by atoms with Crippen LogP contribution in [0.25, 0.3) is 10.2 Å². The molecule has 0 N–H and O–H groups in total. The highest BCUT2D eigenvalue weighted by Gasteiger charge is 2.24. The molecule has 29 heavy (non-hydrogen) atoms. The van der Waals surface area contributed by atoms with Crippen molar-refractivity contribution in [1.29, 1.82) is 0 Å². The molecule has 0 saturated heterocycles. The molecule has 0 aliphatic heterocycles. The zero-order valence-corrected chi connectivity index (χ0v) is 17.9. The number of amides is 1. The molecule has 3 heterocycles. The number of carbonyl (C=O) groups is 1. The van der Waals surface area contributed by atoms with Crippen molar-refractivity contribution in [3.05, 3.63) is 59.2 Å². The van der Waals surface area contributed by atoms with Gasteiger partial charge in [0.15, 0.2) is 10.8 Å². The number of nitrogens with zero attached hydrogens (tertiary/aromatic N) is 6. The second-order valence-corrected chi connectivity index (χ2v) is 8.07. The topological polar surface area (TPSA) is 68.8 Å². The van der Waals surface area contributed by atoms with E-state index in [1.165, 1.54) is 11.3 Å². The van der Waals surface area contributed by atoms with Crippen LogP contribution in [-0.2, 0) is 13.1 Å². The third-order valence-corrected chi connectivity index (χ3v) is 5.96. The molecule has 0 aliphatic carbocycles. The molecule has 0 atom stereocenters. The van der Waals surface area contributed by atoms with E-state index in [9.17, 15) is 4.79 Å². The lowest BCUT2D eigenvalue weighted by atomic mass is 10.3. The van der Waals surface area contributed by atoms with Gasteiger partial charge in [-0.1, -0.05) is 23.5 Å². The van der Waals surface area contributed by atoms with Gasteiger partial charge in [0.2, 0.25) is 0 Å². The van der Waals surface area contributed by atoms with Crippen LogP contribution in [0.4, 0.5) is 5.13 Å². The number of hydrogen-bond donors (Lipinski definition) is 0. The summed E-state index contributed by atoms with van der Waals surface area (Å²) in [6.07, 6.45) is 0. The number of thiazole rings is 1. The minimum atomic E-state index is -0.138. The Bertz CT molecular complexity index is 1140. The molecular formula is C21H24N6OS. The highest BCUT2D eigenvalue weighted by Crippen LogP contribution is 2.29. The predicted octanol–water partition coefficient (Wildman–Crippen LogP) is 3.98. The summed E-state index contributed by atoms with van der Waals surface area (Å²) in [6.45, 7) is 9.77. The van der Waals surface area contributed by atoms with E-state index < -0.39 is 0 Å². The number of fused-ring (bicyclic) bond motifs is 1. The molecule has 0 radical (unpaired) electrons. The maximum atomic E-state index is 13.4. The minimum absolute atomic E-state index is 0.138. The summed E-state index contributed by atoms with van der Waals surface area (Å²) in [6, 6.07) is 11.8. The largest absolute Gasteiger partial charge is 0.281 e. The van der Waals surface area contributed by atoms with Crippen molar-refractivity contribution in [1.82, 2.24) is 24.5 Å². The van der Waals surface area contributed by atoms with Gasteiger partial charge < -0.3 is 0 Å². The third kappa shape index (κ3) is 3.80. The van der Waals surface area contributed by atoms with Crippen LogP contribution in [0.15, 0.2) is 36.4 Å². The summed E-state index contributed by atoms with van der Waals surface area (Å²) < 4.78 is 4.82. The third-order valence-electron chi connectivity index (χ3n) is 4.90. The first-order valence-corrected chi connectivity index (χ1v) is 10.5. The van der Waals surface area contributed by atoms with Crippen molar-refractivity contribution in [2.24, 2.45) is 0 Å². The summed E-state index contributed by atoms with van der Waals surface area (Å²) in [5.41, 5.74) is 4.35. The van der Waals surface area contributed by atoms with Crippen molar-refractivity contribution in [2.75, 3.05) is 11.4 Å². The van der Waals surface area contributed by atoms with Crippen LogP contribution in [0.1, 0.15) is 34.5 Å². The molecule has 4 aromatic rings. The summed E-state index contributed by atoms with van der Waals surface area (Å²) in [4.78, 5) is 19.8. The second-order valence-electron chi connectivity index (χ2n) is 7.06. The van der Waals surface area contributed by atoms with E-state index in [1.807, 2.05) is 73.5 Å². The Morgan fingerprint density at radius 3 is 2.48 bits per heavy atom. The van der Waals surface area contributed by atoms with Crippen molar-refractivity contribution >= 4 is 32.6 Å². The standard InChI is InChI=1S/C21H24N6OS/c1-5-26-16(4)13-18(24-26)20(28)25(10-11-27-15(3)12-14(2)23-27)21-22-17-8-6-7-9-19(17)29-21/h6-9,12-13H,5,10-11H2,1-4H3. The van der Waals surface area contributed by atoms with E-state index >= 15 is 0 Å². The van der Waals surface area contributed by atoms with Crippen LogP contribution in [-0.4, -0.2) is 37.0 Å². The van der Waals surface area contributed by atoms with Gasteiger partial charge in [0.1, 0.15) is 0 Å². The number of aryl methyl sites for hydroxylation is 4. The smallest absolute Gasteiger partial charge is 0.280 e. The highest BCUT2D eigenvalue weighted by molar-refractivity contribution is 7.22. The molecule has 4 rings (SSSR count). The Hall–Kier alpha value is -3.00. The van der Waals surface area contributed by atoms with Gasteiger partial charge in [-0.05, 0) is 52.0 Å². The van der Waals surface area contributed by atoms with E-state index in [0.717, 1.165) is 33.8 Å². The van der Waals surface area contributed by atoms with E-state index in [-0.39, 0.29) is 5.91 Å². The first kappa shape index (κ1) is 19.3. The number of rotatable bonds is 6. The summed E-state index contributed by atoms with van der Waals surface area (Å²) in [5.74, 6) is -0.138. The summed E-state index contributed by atoms with van der Waals surface area (Å²) >= 11 is 1.52. The fraction of sp³-hybridized carbons (Fsp3) is 0.333. The number of aromatic nitrogens is 5. The molecule has 1 aromatic carbocycles.